The van der Waals surface area contributed by atoms with Gasteiger partial charge in [0.1, 0.15) is 0 Å². The van der Waals surface area contributed by atoms with E-state index in [1.54, 1.807) is 5.19 Å². The average Bonchev–Trinajstić information content (AvgIpc) is 3.23. The van der Waals surface area contributed by atoms with Gasteiger partial charge in [0.05, 0.1) is 18.5 Å². The molecular formula is C34H41NSSi. The van der Waals surface area contributed by atoms with Gasteiger partial charge in [-0.05, 0) is 57.4 Å². The average molecular weight is 524 g/mol. The second kappa shape index (κ2) is 10.00. The van der Waals surface area contributed by atoms with Crippen molar-refractivity contribution in [1.82, 2.24) is 4.98 Å². The van der Waals surface area contributed by atoms with Crippen molar-refractivity contribution in [3.05, 3.63) is 72.4 Å². The Hall–Kier alpha value is -2.49. The largest absolute Gasteiger partial charge is 0.255 e. The normalized spacial score (nSPS) is 12.9. The van der Waals surface area contributed by atoms with E-state index in [1.807, 2.05) is 17.5 Å². The molecule has 3 heteroatoms. The maximum Gasteiger partial charge on any atom is 0.0950 e. The van der Waals surface area contributed by atoms with E-state index in [-0.39, 0.29) is 0 Å². The summed E-state index contributed by atoms with van der Waals surface area (Å²) in [5.74, 6) is 0.637. The van der Waals surface area contributed by atoms with Crippen molar-refractivity contribution < 1.29 is 0 Å². The predicted molar refractivity (Wildman–Crippen MR) is 169 cm³/mol. The number of nitrogens with zero attached hydrogens (tertiary/aromatic N) is 1. The third-order valence-electron chi connectivity index (χ3n) is 8.59. The lowest BCUT2D eigenvalue weighted by Crippen LogP contribution is -2.55. The number of hydrogen-bond donors (Lipinski definition) is 0. The summed E-state index contributed by atoms with van der Waals surface area (Å²) in [5, 5.41) is 7.11. The first-order valence-electron chi connectivity index (χ1n) is 14.0. The van der Waals surface area contributed by atoms with E-state index in [0.717, 1.165) is 12.1 Å². The molecule has 0 saturated carbocycles. The molecule has 0 aliphatic heterocycles. The molecule has 0 aliphatic rings. The molecule has 0 bridgehead atoms. The number of fused-ring (bicyclic) bond motifs is 4. The molecule has 0 unspecified atom stereocenters. The van der Waals surface area contributed by atoms with Gasteiger partial charge in [-0.1, -0.05) is 109 Å². The van der Waals surface area contributed by atoms with Crippen LogP contribution in [0, 0.1) is 5.92 Å². The molecule has 0 saturated heterocycles. The SMILES string of the molecule is CC(C)Cc1cccc2c1sc1c(-c3cc([Si](C(C)C)(C(C)C)C(C)C)c4ccccc4c3)nccc12. The molecule has 0 spiro atoms. The van der Waals surface area contributed by atoms with Gasteiger partial charge < -0.3 is 0 Å². The number of thiophene rings is 1. The molecule has 192 valence electrons. The van der Waals surface area contributed by atoms with Gasteiger partial charge in [-0.15, -0.1) is 11.3 Å². The first kappa shape index (κ1) is 26.1. The van der Waals surface area contributed by atoms with E-state index in [2.05, 4.69) is 116 Å². The lowest BCUT2D eigenvalue weighted by Gasteiger charge is -2.44. The van der Waals surface area contributed by atoms with Crippen LogP contribution in [0.4, 0.5) is 0 Å². The minimum Gasteiger partial charge on any atom is -0.255 e. The second-order valence-electron chi connectivity index (χ2n) is 12.2. The summed E-state index contributed by atoms with van der Waals surface area (Å²) in [4.78, 5) is 5.05. The summed E-state index contributed by atoms with van der Waals surface area (Å²) in [6, 6.07) is 23.0. The number of benzene rings is 3. The monoisotopic (exact) mass is 523 g/mol. The molecule has 0 radical (unpaired) electrons. The Morgan fingerprint density at radius 1 is 0.703 bits per heavy atom. The van der Waals surface area contributed by atoms with Crippen LogP contribution in [-0.4, -0.2) is 13.1 Å². The minimum absolute atomic E-state index is 0.637. The molecule has 0 N–H and O–H groups in total. The Balaban J connectivity index is 1.84. The lowest BCUT2D eigenvalue weighted by atomic mass is 10.0. The highest BCUT2D eigenvalue weighted by Gasteiger charge is 2.45. The number of pyridine rings is 1. The number of hydrogen-bond acceptors (Lipinski definition) is 2. The van der Waals surface area contributed by atoms with E-state index in [9.17, 15) is 0 Å². The van der Waals surface area contributed by atoms with E-state index in [1.165, 1.54) is 42.1 Å². The van der Waals surface area contributed by atoms with Crippen molar-refractivity contribution in [2.75, 3.05) is 0 Å². The fourth-order valence-electron chi connectivity index (χ4n) is 7.33. The highest BCUT2D eigenvalue weighted by Crippen LogP contribution is 2.45. The summed E-state index contributed by atoms with van der Waals surface area (Å²) >= 11 is 1.94. The summed E-state index contributed by atoms with van der Waals surface area (Å²) in [5.41, 5.74) is 5.83. The zero-order valence-corrected chi connectivity index (χ0v) is 25.5. The van der Waals surface area contributed by atoms with Crippen LogP contribution in [0.25, 0.3) is 42.2 Å². The van der Waals surface area contributed by atoms with Crippen LogP contribution < -0.4 is 5.19 Å². The van der Waals surface area contributed by atoms with Gasteiger partial charge in [0.2, 0.25) is 0 Å². The summed E-state index contributed by atoms with van der Waals surface area (Å²) in [6.45, 7) is 19.4. The molecule has 3 aromatic carbocycles. The summed E-state index contributed by atoms with van der Waals surface area (Å²) < 4.78 is 2.75. The Morgan fingerprint density at radius 2 is 1.35 bits per heavy atom. The van der Waals surface area contributed by atoms with Crippen LogP contribution in [0.15, 0.2) is 66.9 Å². The molecule has 1 nitrogen and oxygen atoms in total. The first-order chi connectivity index (χ1) is 17.7. The second-order valence-corrected chi connectivity index (χ2v) is 19.1. The van der Waals surface area contributed by atoms with E-state index in [4.69, 9.17) is 4.98 Å². The number of aromatic nitrogens is 1. The van der Waals surface area contributed by atoms with Crippen molar-refractivity contribution in [3.63, 3.8) is 0 Å². The zero-order chi connectivity index (χ0) is 26.5. The molecule has 0 amide bonds. The smallest absolute Gasteiger partial charge is 0.0950 e. The van der Waals surface area contributed by atoms with Gasteiger partial charge >= 0.3 is 0 Å². The topological polar surface area (TPSA) is 12.9 Å². The molecule has 0 atom stereocenters. The quantitative estimate of drug-likeness (QED) is 0.193. The maximum atomic E-state index is 5.05. The summed E-state index contributed by atoms with van der Waals surface area (Å²) in [7, 11) is -1.88. The van der Waals surface area contributed by atoms with Gasteiger partial charge in [-0.3, -0.25) is 4.98 Å². The standard InChI is InChI=1S/C34H41NSSi/c1-21(2)18-26-13-11-15-29-30-16-17-35-32(34(30)36-33(26)29)27-19-25-12-9-10-14-28(25)31(20-27)37(22(3)4,23(5)6)24(7)8/h9-17,19-24H,18H2,1-8H3. The van der Waals surface area contributed by atoms with E-state index >= 15 is 0 Å². The van der Waals surface area contributed by atoms with Crippen LogP contribution in [0.2, 0.25) is 16.6 Å². The molecule has 0 fully saturated rings. The minimum atomic E-state index is -1.88. The van der Waals surface area contributed by atoms with Crippen molar-refractivity contribution in [2.45, 2.75) is 78.4 Å². The molecule has 2 heterocycles. The Labute approximate surface area is 228 Å². The fraction of sp³-hybridized carbons (Fsp3) is 0.382. The van der Waals surface area contributed by atoms with E-state index in [0.29, 0.717) is 22.5 Å². The zero-order valence-electron chi connectivity index (χ0n) is 23.7. The van der Waals surface area contributed by atoms with Gasteiger partial charge in [-0.25, -0.2) is 0 Å². The predicted octanol–water partition coefficient (Wildman–Crippen LogP) is 10.4. The van der Waals surface area contributed by atoms with Crippen molar-refractivity contribution in [1.29, 1.82) is 0 Å². The molecule has 37 heavy (non-hydrogen) atoms. The summed E-state index contributed by atoms with van der Waals surface area (Å²) in [6.07, 6.45) is 3.13. The third kappa shape index (κ3) is 4.25. The molecule has 0 aliphatic carbocycles. The van der Waals surface area contributed by atoms with Gasteiger partial charge in [0.15, 0.2) is 0 Å². The maximum absolute atomic E-state index is 5.05. The Bertz CT molecular complexity index is 1550. The molecule has 2 aromatic heterocycles. The van der Waals surface area contributed by atoms with Crippen molar-refractivity contribution in [2.24, 2.45) is 5.92 Å². The van der Waals surface area contributed by atoms with Gasteiger partial charge in [-0.2, -0.15) is 0 Å². The lowest BCUT2D eigenvalue weighted by molar-refractivity contribution is 0.650. The fourth-order valence-corrected chi connectivity index (χ4v) is 15.6. The molecular weight excluding hydrogens is 483 g/mol. The van der Waals surface area contributed by atoms with Crippen LogP contribution in [0.5, 0.6) is 0 Å². The van der Waals surface area contributed by atoms with Crippen LogP contribution in [-0.2, 0) is 6.42 Å². The van der Waals surface area contributed by atoms with Crippen LogP contribution in [0.3, 0.4) is 0 Å². The first-order valence-corrected chi connectivity index (χ1v) is 17.0. The number of rotatable bonds is 7. The van der Waals surface area contributed by atoms with Crippen LogP contribution >= 0.6 is 11.3 Å². The van der Waals surface area contributed by atoms with Gasteiger partial charge in [0, 0.05) is 27.2 Å². The van der Waals surface area contributed by atoms with Crippen molar-refractivity contribution >= 4 is 55.5 Å². The third-order valence-corrected chi connectivity index (χ3v) is 17.0. The van der Waals surface area contributed by atoms with Crippen LogP contribution in [0.1, 0.15) is 61.0 Å². The van der Waals surface area contributed by atoms with Gasteiger partial charge in [0.25, 0.3) is 0 Å². The Morgan fingerprint density at radius 3 is 2.03 bits per heavy atom. The van der Waals surface area contributed by atoms with E-state index < -0.39 is 8.07 Å². The highest BCUT2D eigenvalue weighted by molar-refractivity contribution is 7.26. The molecule has 5 rings (SSSR count). The Kier molecular flexibility index (Phi) is 7.06. The molecule has 5 aromatic rings. The van der Waals surface area contributed by atoms with Crippen molar-refractivity contribution in [3.8, 4) is 11.3 Å². The highest BCUT2D eigenvalue weighted by atomic mass is 32.1.